The zero-order valence-corrected chi connectivity index (χ0v) is 15.8. The van der Waals surface area contributed by atoms with Crippen LogP contribution in [0.4, 0.5) is 61.5 Å². The fraction of sp³-hybridized carbons (Fsp3) is 0.867. The van der Waals surface area contributed by atoms with Crippen LogP contribution in [-0.2, 0) is 9.59 Å². The van der Waals surface area contributed by atoms with Crippen LogP contribution in [0.15, 0.2) is 0 Å². The largest absolute Gasteiger partial charge is 0.460 e. The van der Waals surface area contributed by atoms with Crippen molar-refractivity contribution < 1.29 is 71.1 Å². The lowest BCUT2D eigenvalue weighted by atomic mass is 10.1. The van der Waals surface area contributed by atoms with Crippen LogP contribution in [0.5, 0.6) is 0 Å². The van der Waals surface area contributed by atoms with Crippen molar-refractivity contribution in [2.45, 2.75) is 75.1 Å². The molecule has 0 aliphatic rings. The average Bonchev–Trinajstić information content (AvgIpc) is 2.61. The molecule has 0 aromatic rings. The number of rotatable bonds is 10. The first-order valence-corrected chi connectivity index (χ1v) is 8.52. The third kappa shape index (κ3) is 5.55. The summed E-state index contributed by atoms with van der Waals surface area (Å²) in [6.45, 7) is -0.229. The first-order valence-electron chi connectivity index (χ1n) is 8.52. The number of halogens is 14. The number of imide groups is 1. The number of nitrogens with zero attached hydrogens (tertiary/aromatic N) is 1. The van der Waals surface area contributed by atoms with Gasteiger partial charge < -0.3 is 0 Å². The number of unbranched alkanes of at least 4 members (excludes halogenated alkanes) is 4. The lowest BCUT2D eigenvalue weighted by Crippen LogP contribution is -2.66. The van der Waals surface area contributed by atoms with Crippen LogP contribution in [0.1, 0.15) is 39.0 Å². The minimum absolute atomic E-state index is 0.122. The minimum atomic E-state index is -7.28. The zero-order valence-electron chi connectivity index (χ0n) is 15.8. The quantitative estimate of drug-likeness (QED) is 0.270. The van der Waals surface area contributed by atoms with Crippen molar-refractivity contribution in [3.8, 4) is 0 Å². The maximum absolute atomic E-state index is 13.6. The van der Waals surface area contributed by atoms with Crippen molar-refractivity contribution in [3.05, 3.63) is 0 Å². The molecule has 0 rings (SSSR count). The molecule has 0 bridgehead atoms. The van der Waals surface area contributed by atoms with E-state index in [1.165, 1.54) is 0 Å². The van der Waals surface area contributed by atoms with Crippen molar-refractivity contribution in [2.75, 3.05) is 6.54 Å². The SMILES string of the molecule is CCCCCCCN(C(=O)C(F)(F)C(F)(F)C(F)(F)F)C(=O)C(F)(F)C(F)(F)C(F)(F)F. The van der Waals surface area contributed by atoms with E-state index in [9.17, 15) is 71.1 Å². The Bertz CT molecular complexity index is 618. The van der Waals surface area contributed by atoms with E-state index in [2.05, 4.69) is 0 Å². The van der Waals surface area contributed by atoms with E-state index in [4.69, 9.17) is 0 Å². The van der Waals surface area contributed by atoms with Gasteiger partial charge in [0.1, 0.15) is 0 Å². The Hall–Kier alpha value is -1.84. The first-order chi connectivity index (χ1) is 14.0. The molecule has 0 saturated heterocycles. The molecule has 0 aliphatic heterocycles. The second kappa shape index (κ2) is 9.57. The molecule has 17 heteroatoms. The summed E-state index contributed by atoms with van der Waals surface area (Å²) in [6, 6.07) is 0. The van der Waals surface area contributed by atoms with Gasteiger partial charge in [0.05, 0.1) is 0 Å². The van der Waals surface area contributed by atoms with Gasteiger partial charge in [-0.05, 0) is 6.42 Å². The molecule has 0 saturated carbocycles. The highest BCUT2D eigenvalue weighted by Crippen LogP contribution is 2.50. The number of hydrogen-bond donors (Lipinski definition) is 0. The number of amides is 2. The predicted molar refractivity (Wildman–Crippen MR) is 77.4 cm³/mol. The van der Waals surface area contributed by atoms with Crippen molar-refractivity contribution >= 4 is 11.8 Å². The van der Waals surface area contributed by atoms with Crippen LogP contribution in [0.3, 0.4) is 0 Å². The van der Waals surface area contributed by atoms with Crippen molar-refractivity contribution in [3.63, 3.8) is 0 Å². The highest BCUT2D eigenvalue weighted by molar-refractivity contribution is 6.02. The first kappa shape index (κ1) is 30.2. The number of alkyl halides is 14. The van der Waals surface area contributed by atoms with E-state index >= 15 is 0 Å². The van der Waals surface area contributed by atoms with Crippen molar-refractivity contribution in [1.82, 2.24) is 4.90 Å². The number of hydrogen-bond acceptors (Lipinski definition) is 2. The zero-order chi connectivity index (χ0) is 26.0. The summed E-state index contributed by atoms with van der Waals surface area (Å²) in [7, 11) is 0. The Morgan fingerprint density at radius 3 is 1.16 bits per heavy atom. The minimum Gasteiger partial charge on any atom is -0.272 e. The van der Waals surface area contributed by atoms with Crippen molar-refractivity contribution in [1.29, 1.82) is 0 Å². The molecule has 0 unspecified atom stereocenters. The lowest BCUT2D eigenvalue weighted by molar-refractivity contribution is -0.350. The monoisotopic (exact) mass is 507 g/mol. The van der Waals surface area contributed by atoms with Crippen LogP contribution >= 0.6 is 0 Å². The van der Waals surface area contributed by atoms with Crippen LogP contribution in [0, 0.1) is 0 Å². The number of carbonyl (C=O) groups is 2. The van der Waals surface area contributed by atoms with Gasteiger partial charge in [0.15, 0.2) is 0 Å². The third-order valence-corrected chi connectivity index (χ3v) is 4.01. The molecule has 0 fully saturated rings. The standard InChI is InChI=1S/C15H15F14NO2/c1-2-3-4-5-6-7-30(8(31)10(16,17)12(20,21)14(24,25)26)9(32)11(18,19)13(22,23)15(27,28)29/h2-7H2,1H3. The Morgan fingerprint density at radius 2 is 0.875 bits per heavy atom. The maximum atomic E-state index is 13.6. The fourth-order valence-electron chi connectivity index (χ4n) is 2.13. The Labute approximate surface area is 170 Å². The average molecular weight is 507 g/mol. The van der Waals surface area contributed by atoms with E-state index in [0.717, 1.165) is 0 Å². The second-order valence-electron chi connectivity index (χ2n) is 6.47. The molecule has 0 atom stereocenters. The second-order valence-corrected chi connectivity index (χ2v) is 6.47. The molecule has 2 amide bonds. The predicted octanol–water partition coefficient (Wildman–Crippen LogP) is 5.98. The molecular weight excluding hydrogens is 492 g/mol. The van der Waals surface area contributed by atoms with Gasteiger partial charge in [-0.2, -0.15) is 61.5 Å². The molecule has 0 heterocycles. The Morgan fingerprint density at radius 1 is 0.562 bits per heavy atom. The van der Waals surface area contributed by atoms with Gasteiger partial charge in [-0.1, -0.05) is 32.6 Å². The third-order valence-electron chi connectivity index (χ3n) is 4.01. The Balaban J connectivity index is 6.29. The van der Waals surface area contributed by atoms with Gasteiger partial charge in [0, 0.05) is 6.54 Å². The molecule has 0 aliphatic carbocycles. The van der Waals surface area contributed by atoms with Crippen LogP contribution in [0.25, 0.3) is 0 Å². The van der Waals surface area contributed by atoms with Gasteiger partial charge in [0.25, 0.3) is 0 Å². The summed E-state index contributed by atoms with van der Waals surface area (Å²) in [4.78, 5) is 21.3. The molecule has 0 aromatic carbocycles. The van der Waals surface area contributed by atoms with E-state index in [0.29, 0.717) is 12.8 Å². The highest BCUT2D eigenvalue weighted by Gasteiger charge is 2.80. The van der Waals surface area contributed by atoms with E-state index in [1.54, 1.807) is 6.92 Å². The summed E-state index contributed by atoms with van der Waals surface area (Å²) in [5, 5.41) is 0. The van der Waals surface area contributed by atoms with Crippen LogP contribution in [-0.4, -0.2) is 59.3 Å². The van der Waals surface area contributed by atoms with Gasteiger partial charge >= 0.3 is 47.9 Å². The summed E-state index contributed by atoms with van der Waals surface area (Å²) >= 11 is 0. The topological polar surface area (TPSA) is 37.4 Å². The lowest BCUT2D eigenvalue weighted by Gasteiger charge is -2.34. The molecule has 0 N–H and O–H groups in total. The smallest absolute Gasteiger partial charge is 0.272 e. The molecule has 3 nitrogen and oxygen atoms in total. The van der Waals surface area contributed by atoms with Gasteiger partial charge in [-0.25, -0.2) is 0 Å². The van der Waals surface area contributed by atoms with Crippen LogP contribution < -0.4 is 0 Å². The normalized spacial score (nSPS) is 14.5. The highest BCUT2D eigenvalue weighted by atomic mass is 19.4. The Kier molecular flexibility index (Phi) is 9.02. The van der Waals surface area contributed by atoms with E-state index in [-0.39, 0.29) is 12.8 Å². The molecule has 0 spiro atoms. The molecular formula is C15H15F14NO2. The van der Waals surface area contributed by atoms with Gasteiger partial charge in [-0.15, -0.1) is 0 Å². The molecule has 0 aromatic heterocycles. The summed E-state index contributed by atoms with van der Waals surface area (Å²) in [5.74, 6) is -36.6. The molecule has 190 valence electrons. The van der Waals surface area contributed by atoms with E-state index < -0.39 is 65.7 Å². The van der Waals surface area contributed by atoms with Gasteiger partial charge in [0.2, 0.25) is 0 Å². The summed E-state index contributed by atoms with van der Waals surface area (Å²) in [6.07, 6.45) is -14.5. The molecule has 32 heavy (non-hydrogen) atoms. The summed E-state index contributed by atoms with van der Waals surface area (Å²) < 4.78 is 180. The van der Waals surface area contributed by atoms with Crippen molar-refractivity contribution in [2.24, 2.45) is 0 Å². The fourth-order valence-corrected chi connectivity index (χ4v) is 2.13. The van der Waals surface area contributed by atoms with Crippen LogP contribution in [0.2, 0.25) is 0 Å². The summed E-state index contributed by atoms with van der Waals surface area (Å²) in [5.41, 5.74) is 0. The molecule has 0 radical (unpaired) electrons. The van der Waals surface area contributed by atoms with E-state index in [1.807, 2.05) is 0 Å². The number of carbonyl (C=O) groups excluding carboxylic acids is 2. The maximum Gasteiger partial charge on any atom is 0.460 e. The van der Waals surface area contributed by atoms with Gasteiger partial charge in [-0.3, -0.25) is 14.5 Å².